The predicted octanol–water partition coefficient (Wildman–Crippen LogP) is 4.62. The maximum absolute atomic E-state index is 13.5. The zero-order valence-electron chi connectivity index (χ0n) is 23.0. The molecule has 222 valence electrons. The molecule has 3 aromatic carbocycles. The summed E-state index contributed by atoms with van der Waals surface area (Å²) < 4.78 is 37.0. The van der Waals surface area contributed by atoms with Gasteiger partial charge in [0.15, 0.2) is 0 Å². The highest BCUT2D eigenvalue weighted by atomic mass is 35.5. The van der Waals surface area contributed by atoms with E-state index in [9.17, 15) is 18.3 Å². The van der Waals surface area contributed by atoms with E-state index in [1.165, 1.54) is 6.92 Å². The van der Waals surface area contributed by atoms with Crippen LogP contribution in [0, 0.1) is 0 Å². The molecule has 0 aliphatic carbocycles. The number of benzene rings is 3. The van der Waals surface area contributed by atoms with Gasteiger partial charge in [-0.15, -0.1) is 0 Å². The molecule has 1 aromatic heterocycles. The molecule has 1 aliphatic rings. The summed E-state index contributed by atoms with van der Waals surface area (Å²) in [4.78, 5) is 18.7. The molecule has 1 aliphatic heterocycles. The van der Waals surface area contributed by atoms with E-state index in [1.807, 2.05) is 30.3 Å². The molecule has 2 atom stereocenters. The number of H-pyrrole nitrogens is 1. The van der Waals surface area contributed by atoms with Crippen molar-refractivity contribution in [3.8, 4) is 11.5 Å². The third-order valence-electron chi connectivity index (χ3n) is 7.24. The fourth-order valence-corrected chi connectivity index (χ4v) is 5.81. The van der Waals surface area contributed by atoms with Crippen LogP contribution in [0.3, 0.4) is 0 Å². The number of anilines is 1. The minimum atomic E-state index is -3.37. The average molecular weight is 613 g/mol. The molecule has 5 rings (SSSR count). The van der Waals surface area contributed by atoms with Crippen LogP contribution in [0.1, 0.15) is 36.2 Å². The molecule has 12 heteroatoms. The molecule has 0 saturated carbocycles. The summed E-state index contributed by atoms with van der Waals surface area (Å²) in [6.45, 7) is 2.10. The fourth-order valence-electron chi connectivity index (χ4n) is 4.99. The lowest BCUT2D eigenvalue weighted by Crippen LogP contribution is -2.42. The zero-order chi connectivity index (χ0) is 29.9. The van der Waals surface area contributed by atoms with Gasteiger partial charge in [0.1, 0.15) is 17.5 Å². The Morgan fingerprint density at radius 3 is 2.57 bits per heavy atom. The van der Waals surface area contributed by atoms with Gasteiger partial charge in [0.25, 0.3) is 0 Å². The van der Waals surface area contributed by atoms with E-state index in [-0.39, 0.29) is 25.3 Å². The van der Waals surface area contributed by atoms with Crippen LogP contribution in [0.5, 0.6) is 11.5 Å². The van der Waals surface area contributed by atoms with Crippen LogP contribution in [0.25, 0.3) is 10.9 Å². The minimum absolute atomic E-state index is 0.0478. The Morgan fingerprint density at radius 1 is 1.14 bits per heavy atom. The van der Waals surface area contributed by atoms with Crippen molar-refractivity contribution in [3.05, 3.63) is 88.6 Å². The molecule has 0 spiro atoms. The normalized spacial score (nSPS) is 15.8. The second kappa shape index (κ2) is 12.6. The van der Waals surface area contributed by atoms with E-state index in [4.69, 9.17) is 26.8 Å². The lowest BCUT2D eigenvalue weighted by atomic mass is 9.92. The van der Waals surface area contributed by atoms with Gasteiger partial charge in [0, 0.05) is 46.8 Å². The number of ether oxygens (including phenoxy) is 2. The number of carbonyl (C=O) groups is 1. The molecule has 0 saturated heterocycles. The first-order valence-corrected chi connectivity index (χ1v) is 15.7. The molecule has 5 N–H and O–H groups in total. The third-order valence-corrected chi connectivity index (χ3v) is 8.84. The van der Waals surface area contributed by atoms with Crippen LogP contribution in [-0.2, 0) is 16.4 Å². The van der Waals surface area contributed by atoms with Crippen molar-refractivity contribution in [2.75, 3.05) is 31.2 Å². The standard InChI is InChI=1S/C30H33ClN4O6S/c1-2-42(38,39)33-18-22(36)14-16-40-23-8-3-19(4-9-23)29-28-25(26-17-20(31)5-12-27(26)34-28)13-15-35(29)30(37)41-24-10-6-21(32)7-11-24/h3-12,17,22,29,33-34,36H,2,13-16,18,32H2,1H3. The molecule has 4 aromatic rings. The number of nitrogens with zero attached hydrogens (tertiary/aromatic N) is 1. The summed E-state index contributed by atoms with van der Waals surface area (Å²) >= 11 is 6.31. The topological polar surface area (TPSA) is 147 Å². The largest absolute Gasteiger partial charge is 0.493 e. The number of amides is 1. The first-order valence-electron chi connectivity index (χ1n) is 13.7. The van der Waals surface area contributed by atoms with E-state index in [1.54, 1.807) is 41.3 Å². The highest BCUT2D eigenvalue weighted by Crippen LogP contribution is 2.40. The van der Waals surface area contributed by atoms with E-state index in [0.717, 1.165) is 27.7 Å². The molecular formula is C30H33ClN4O6S. The Kier molecular flexibility index (Phi) is 8.93. The third kappa shape index (κ3) is 6.81. The van der Waals surface area contributed by atoms with Crippen molar-refractivity contribution in [1.29, 1.82) is 0 Å². The van der Waals surface area contributed by atoms with Gasteiger partial charge in [0.2, 0.25) is 10.0 Å². The monoisotopic (exact) mass is 612 g/mol. The number of hydrogen-bond donors (Lipinski definition) is 4. The number of aliphatic hydroxyl groups excluding tert-OH is 1. The van der Waals surface area contributed by atoms with Crippen molar-refractivity contribution in [2.45, 2.75) is 31.9 Å². The number of hydrogen-bond acceptors (Lipinski definition) is 7. The lowest BCUT2D eigenvalue weighted by Gasteiger charge is -2.35. The first kappa shape index (κ1) is 29.7. The molecule has 0 fully saturated rings. The molecule has 0 bridgehead atoms. The number of halogens is 1. The Hall–Kier alpha value is -3.77. The van der Waals surface area contributed by atoms with E-state index < -0.39 is 28.3 Å². The van der Waals surface area contributed by atoms with Crippen molar-refractivity contribution in [2.24, 2.45) is 0 Å². The second-order valence-corrected chi connectivity index (χ2v) is 12.6. The molecule has 42 heavy (non-hydrogen) atoms. The Morgan fingerprint density at radius 2 is 1.86 bits per heavy atom. The fraction of sp³-hybridized carbons (Fsp3) is 0.300. The van der Waals surface area contributed by atoms with Crippen LogP contribution in [0.4, 0.5) is 10.5 Å². The summed E-state index contributed by atoms with van der Waals surface area (Å²) in [6.07, 6.45) is -0.481. The van der Waals surface area contributed by atoms with Crippen LogP contribution < -0.4 is 19.9 Å². The van der Waals surface area contributed by atoms with Gasteiger partial charge in [-0.1, -0.05) is 23.7 Å². The summed E-state index contributed by atoms with van der Waals surface area (Å²) in [5.41, 5.74) is 10.1. The molecule has 10 nitrogen and oxygen atoms in total. The van der Waals surface area contributed by atoms with Crippen molar-refractivity contribution in [3.63, 3.8) is 0 Å². The maximum Gasteiger partial charge on any atom is 0.416 e. The van der Waals surface area contributed by atoms with Crippen molar-refractivity contribution >= 4 is 44.3 Å². The van der Waals surface area contributed by atoms with Crippen LogP contribution in [0.2, 0.25) is 5.02 Å². The Labute approximate surface area is 249 Å². The molecule has 0 radical (unpaired) electrons. The minimum Gasteiger partial charge on any atom is -0.493 e. The average Bonchev–Trinajstić information content (AvgIpc) is 3.35. The summed E-state index contributed by atoms with van der Waals surface area (Å²) in [7, 11) is -3.37. The van der Waals surface area contributed by atoms with Crippen molar-refractivity contribution < 1.29 is 27.8 Å². The lowest BCUT2D eigenvalue weighted by molar-refractivity contribution is 0.135. The molecule has 2 unspecified atom stereocenters. The van der Waals surface area contributed by atoms with Gasteiger partial charge >= 0.3 is 6.09 Å². The number of rotatable bonds is 10. The summed E-state index contributed by atoms with van der Waals surface area (Å²) in [5, 5.41) is 11.8. The van der Waals surface area contributed by atoms with E-state index in [0.29, 0.717) is 35.2 Å². The van der Waals surface area contributed by atoms with Gasteiger partial charge in [-0.2, -0.15) is 0 Å². The quantitative estimate of drug-likeness (QED) is 0.191. The van der Waals surface area contributed by atoms with Gasteiger partial charge in [0.05, 0.1) is 18.5 Å². The van der Waals surface area contributed by atoms with E-state index >= 15 is 0 Å². The van der Waals surface area contributed by atoms with Gasteiger partial charge in [-0.05, 0) is 79.1 Å². The SMILES string of the molecule is CCS(=O)(=O)NCC(O)CCOc1ccc(C2c3[nH]c4ccc(Cl)cc4c3CCN2C(=O)Oc2ccc(N)cc2)cc1. The van der Waals surface area contributed by atoms with Crippen LogP contribution in [-0.4, -0.2) is 61.1 Å². The van der Waals surface area contributed by atoms with Crippen LogP contribution >= 0.6 is 11.6 Å². The van der Waals surface area contributed by atoms with Gasteiger partial charge in [-0.3, -0.25) is 4.90 Å². The van der Waals surface area contributed by atoms with Crippen LogP contribution in [0.15, 0.2) is 66.7 Å². The first-order chi connectivity index (χ1) is 20.1. The number of nitrogen functional groups attached to an aromatic ring is 1. The second-order valence-electron chi connectivity index (χ2n) is 10.1. The molecule has 2 heterocycles. The zero-order valence-corrected chi connectivity index (χ0v) is 24.6. The Bertz CT molecular complexity index is 1660. The maximum atomic E-state index is 13.5. The summed E-state index contributed by atoms with van der Waals surface area (Å²) in [6, 6.07) is 19.3. The van der Waals surface area contributed by atoms with E-state index in [2.05, 4.69) is 9.71 Å². The number of fused-ring (bicyclic) bond motifs is 3. The number of carbonyl (C=O) groups excluding carboxylic acids is 1. The highest BCUT2D eigenvalue weighted by molar-refractivity contribution is 7.89. The van der Waals surface area contributed by atoms with Gasteiger partial charge in [-0.25, -0.2) is 17.9 Å². The number of aromatic amines is 1. The van der Waals surface area contributed by atoms with Crippen molar-refractivity contribution in [1.82, 2.24) is 14.6 Å². The summed E-state index contributed by atoms with van der Waals surface area (Å²) in [5.74, 6) is 0.930. The smallest absolute Gasteiger partial charge is 0.416 e. The number of nitrogens with two attached hydrogens (primary N) is 1. The number of aliphatic hydroxyl groups is 1. The Balaban J connectivity index is 1.35. The van der Waals surface area contributed by atoms with Gasteiger partial charge < -0.3 is 25.3 Å². The molecular weight excluding hydrogens is 580 g/mol. The number of sulfonamides is 1. The molecule has 1 amide bonds. The number of aromatic nitrogens is 1. The predicted molar refractivity (Wildman–Crippen MR) is 162 cm³/mol. The highest BCUT2D eigenvalue weighted by Gasteiger charge is 2.35. The number of nitrogens with one attached hydrogen (secondary N) is 2.